The summed E-state index contributed by atoms with van der Waals surface area (Å²) in [5.41, 5.74) is 3.45. The highest BCUT2D eigenvalue weighted by Gasteiger charge is 2.21. The quantitative estimate of drug-likeness (QED) is 0.420. The van der Waals surface area contributed by atoms with Gasteiger partial charge in [-0.15, -0.1) is 11.8 Å². The number of nitrogens with one attached hydrogen (secondary N) is 2. The van der Waals surface area contributed by atoms with Crippen molar-refractivity contribution in [3.05, 3.63) is 81.8 Å². The van der Waals surface area contributed by atoms with Gasteiger partial charge in [-0.25, -0.2) is 4.98 Å². The van der Waals surface area contributed by atoms with Crippen LogP contribution >= 0.6 is 23.5 Å². The third-order valence-electron chi connectivity index (χ3n) is 5.07. The van der Waals surface area contributed by atoms with E-state index in [0.717, 1.165) is 41.4 Å². The topological polar surface area (TPSA) is 78.1 Å². The van der Waals surface area contributed by atoms with Crippen molar-refractivity contribution in [3.63, 3.8) is 0 Å². The van der Waals surface area contributed by atoms with E-state index >= 15 is 0 Å². The van der Waals surface area contributed by atoms with Crippen LogP contribution in [0.5, 0.6) is 0 Å². The van der Waals surface area contributed by atoms with Crippen LogP contribution in [-0.4, -0.2) is 39.3 Å². The third-order valence-corrected chi connectivity index (χ3v) is 6.67. The molecule has 0 saturated heterocycles. The molecule has 2 N–H and O–H groups in total. The summed E-state index contributed by atoms with van der Waals surface area (Å²) in [6.45, 7) is 2.26. The summed E-state index contributed by atoms with van der Waals surface area (Å²) in [7, 11) is 0. The molecule has 1 aliphatic heterocycles. The number of H-pyrrole nitrogens is 1. The van der Waals surface area contributed by atoms with Gasteiger partial charge in [-0.05, 0) is 30.0 Å². The molecule has 2 aromatic carbocycles. The second kappa shape index (κ2) is 10.2. The van der Waals surface area contributed by atoms with Crippen molar-refractivity contribution < 1.29 is 4.79 Å². The zero-order valence-corrected chi connectivity index (χ0v) is 18.9. The minimum absolute atomic E-state index is 0.113. The van der Waals surface area contributed by atoms with Gasteiger partial charge in [0.2, 0.25) is 5.91 Å². The number of aromatic nitrogens is 2. The Morgan fingerprint density at radius 3 is 2.84 bits per heavy atom. The first-order valence-corrected chi connectivity index (χ1v) is 12.3. The Balaban J connectivity index is 1.36. The third kappa shape index (κ3) is 5.78. The fourth-order valence-corrected chi connectivity index (χ4v) is 4.67. The van der Waals surface area contributed by atoms with Crippen LogP contribution in [0.15, 0.2) is 69.4 Å². The largest absolute Gasteiger partial charge is 0.325 e. The highest BCUT2D eigenvalue weighted by atomic mass is 32.2. The van der Waals surface area contributed by atoms with E-state index in [9.17, 15) is 9.59 Å². The van der Waals surface area contributed by atoms with Crippen LogP contribution in [0.25, 0.3) is 0 Å². The van der Waals surface area contributed by atoms with Gasteiger partial charge in [-0.1, -0.05) is 48.2 Å². The van der Waals surface area contributed by atoms with Crippen LogP contribution in [0.3, 0.4) is 0 Å². The molecule has 2 heterocycles. The molecule has 160 valence electrons. The van der Waals surface area contributed by atoms with E-state index < -0.39 is 0 Å². The summed E-state index contributed by atoms with van der Waals surface area (Å²) in [5, 5.41) is 3.39. The van der Waals surface area contributed by atoms with Crippen LogP contribution in [0.2, 0.25) is 0 Å². The van der Waals surface area contributed by atoms with Gasteiger partial charge in [-0.3, -0.25) is 14.5 Å². The van der Waals surface area contributed by atoms with Crippen LogP contribution in [0.4, 0.5) is 5.69 Å². The van der Waals surface area contributed by atoms with Gasteiger partial charge in [0.25, 0.3) is 5.56 Å². The van der Waals surface area contributed by atoms with Crippen molar-refractivity contribution in [2.45, 2.75) is 29.6 Å². The molecule has 0 atom stereocenters. The lowest BCUT2D eigenvalue weighted by Crippen LogP contribution is -2.35. The summed E-state index contributed by atoms with van der Waals surface area (Å²) >= 11 is 2.88. The van der Waals surface area contributed by atoms with Crippen molar-refractivity contribution in [1.82, 2.24) is 14.9 Å². The minimum Gasteiger partial charge on any atom is -0.325 e. The van der Waals surface area contributed by atoms with E-state index in [2.05, 4.69) is 32.3 Å². The van der Waals surface area contributed by atoms with Crippen LogP contribution in [0.1, 0.15) is 16.8 Å². The van der Waals surface area contributed by atoms with Gasteiger partial charge in [-0.2, -0.15) is 0 Å². The van der Waals surface area contributed by atoms with Gasteiger partial charge in [0.1, 0.15) is 0 Å². The number of fused-ring (bicyclic) bond motifs is 1. The average Bonchev–Trinajstić information content (AvgIpc) is 2.79. The lowest BCUT2D eigenvalue weighted by atomic mass is 10.1. The number of carbonyl (C=O) groups excluding carboxylic acids is 1. The van der Waals surface area contributed by atoms with E-state index in [1.807, 2.05) is 48.7 Å². The summed E-state index contributed by atoms with van der Waals surface area (Å²) in [6.07, 6.45) is 2.73. The molecule has 0 fully saturated rings. The van der Waals surface area contributed by atoms with Gasteiger partial charge in [0.15, 0.2) is 5.16 Å². The number of aromatic amines is 1. The van der Waals surface area contributed by atoms with E-state index in [4.69, 9.17) is 0 Å². The monoisotopic (exact) mass is 452 g/mol. The molecule has 0 saturated carbocycles. The first-order chi connectivity index (χ1) is 15.1. The molecule has 1 aliphatic rings. The number of thioether (sulfide) groups is 2. The number of carbonyl (C=O) groups is 1. The molecule has 1 aromatic heterocycles. The number of amides is 1. The van der Waals surface area contributed by atoms with Crippen molar-refractivity contribution in [1.29, 1.82) is 0 Å². The molecule has 6 nitrogen and oxygen atoms in total. The smallest absolute Gasteiger partial charge is 0.256 e. The number of benzene rings is 2. The Kier molecular flexibility index (Phi) is 7.11. The van der Waals surface area contributed by atoms with Gasteiger partial charge < -0.3 is 10.3 Å². The zero-order chi connectivity index (χ0) is 21.6. The standard InChI is InChI=1S/C23H24N4O2S2/c1-30-18-9-5-8-17(12-18)24-21(28)15-31-23-25-20-10-11-27(14-19(20)22(29)26-23)13-16-6-3-2-4-7-16/h2-9,12H,10-11,13-15H2,1H3,(H,24,28)(H,25,26,29). The lowest BCUT2D eigenvalue weighted by molar-refractivity contribution is -0.113. The Hall–Kier alpha value is -2.55. The molecule has 0 spiro atoms. The molecule has 8 heteroatoms. The van der Waals surface area contributed by atoms with Crippen molar-refractivity contribution >= 4 is 35.1 Å². The normalized spacial score (nSPS) is 13.6. The predicted molar refractivity (Wildman–Crippen MR) is 127 cm³/mol. The number of nitrogens with zero attached hydrogens (tertiary/aromatic N) is 2. The van der Waals surface area contributed by atoms with Gasteiger partial charge >= 0.3 is 0 Å². The average molecular weight is 453 g/mol. The Bertz CT molecular complexity index is 1120. The number of anilines is 1. The molecule has 0 bridgehead atoms. The zero-order valence-electron chi connectivity index (χ0n) is 17.3. The second-order valence-corrected chi connectivity index (χ2v) is 9.16. The molecular formula is C23H24N4O2S2. The van der Waals surface area contributed by atoms with Crippen LogP contribution < -0.4 is 10.9 Å². The van der Waals surface area contributed by atoms with Crippen molar-refractivity contribution in [2.24, 2.45) is 0 Å². The molecular weight excluding hydrogens is 428 g/mol. The fourth-order valence-electron chi connectivity index (χ4n) is 3.53. The Morgan fingerprint density at radius 1 is 1.19 bits per heavy atom. The maximum absolute atomic E-state index is 12.7. The van der Waals surface area contributed by atoms with Gasteiger partial charge in [0, 0.05) is 36.6 Å². The van der Waals surface area contributed by atoms with Crippen LogP contribution in [-0.2, 0) is 24.3 Å². The first-order valence-electron chi connectivity index (χ1n) is 10.1. The SMILES string of the molecule is CSc1cccc(NC(=O)CSc2nc3c(c(=O)[nH]2)CN(Cc2ccccc2)CC3)c1. The van der Waals surface area contributed by atoms with E-state index in [1.54, 1.807) is 11.8 Å². The molecule has 4 rings (SSSR count). The van der Waals surface area contributed by atoms with E-state index in [-0.39, 0.29) is 17.2 Å². The second-order valence-electron chi connectivity index (χ2n) is 7.31. The minimum atomic E-state index is -0.127. The summed E-state index contributed by atoms with van der Waals surface area (Å²) in [6, 6.07) is 18.0. The lowest BCUT2D eigenvalue weighted by Gasteiger charge is -2.27. The maximum Gasteiger partial charge on any atom is 0.256 e. The Labute approximate surface area is 189 Å². The summed E-state index contributed by atoms with van der Waals surface area (Å²) in [4.78, 5) is 35.8. The predicted octanol–water partition coefficient (Wildman–Crippen LogP) is 3.78. The van der Waals surface area contributed by atoms with E-state index in [1.165, 1.54) is 17.3 Å². The maximum atomic E-state index is 12.7. The first kappa shape index (κ1) is 21.7. The fraction of sp³-hybridized carbons (Fsp3) is 0.261. The molecule has 3 aromatic rings. The molecule has 0 unspecified atom stereocenters. The summed E-state index contributed by atoms with van der Waals surface area (Å²) < 4.78 is 0. The number of hydrogen-bond donors (Lipinski definition) is 2. The van der Waals surface area contributed by atoms with Crippen molar-refractivity contribution in [3.8, 4) is 0 Å². The highest BCUT2D eigenvalue weighted by Crippen LogP contribution is 2.21. The molecule has 31 heavy (non-hydrogen) atoms. The summed E-state index contributed by atoms with van der Waals surface area (Å²) in [5.74, 6) is 0.0587. The molecule has 0 aliphatic carbocycles. The van der Waals surface area contributed by atoms with E-state index in [0.29, 0.717) is 11.7 Å². The Morgan fingerprint density at radius 2 is 2.03 bits per heavy atom. The highest BCUT2D eigenvalue weighted by molar-refractivity contribution is 7.99. The van der Waals surface area contributed by atoms with Gasteiger partial charge in [0.05, 0.1) is 17.0 Å². The molecule has 1 amide bonds. The molecule has 0 radical (unpaired) electrons. The van der Waals surface area contributed by atoms with Crippen LogP contribution in [0, 0.1) is 0 Å². The number of hydrogen-bond acceptors (Lipinski definition) is 6. The van der Waals surface area contributed by atoms with Crippen molar-refractivity contribution in [2.75, 3.05) is 23.9 Å². The number of rotatable bonds is 7.